The van der Waals surface area contributed by atoms with Crippen LogP contribution < -0.4 is 5.73 Å². The van der Waals surface area contributed by atoms with Crippen LogP contribution in [0.5, 0.6) is 0 Å². The van der Waals surface area contributed by atoms with Crippen molar-refractivity contribution in [1.29, 1.82) is 0 Å². The third-order valence-corrected chi connectivity index (χ3v) is 2.57. The molecule has 0 radical (unpaired) electrons. The third kappa shape index (κ3) is 5.55. The highest BCUT2D eigenvalue weighted by Gasteiger charge is 2.02. The van der Waals surface area contributed by atoms with Crippen LogP contribution in [0.1, 0.15) is 24.8 Å². The predicted octanol–water partition coefficient (Wildman–Crippen LogP) is 2.37. The molecule has 2 N–H and O–H groups in total. The molecule has 0 heterocycles. The minimum absolute atomic E-state index is 0.306. The van der Waals surface area contributed by atoms with Gasteiger partial charge in [-0.3, -0.25) is 0 Å². The number of hydrogen-bond donors (Lipinski definition) is 1. The smallest absolute Gasteiger partial charge is 0.0462 e. The molecule has 1 aromatic rings. The van der Waals surface area contributed by atoms with Gasteiger partial charge in [-0.25, -0.2) is 0 Å². The molecule has 0 aliphatic carbocycles. The van der Waals surface area contributed by atoms with Crippen molar-refractivity contribution in [1.82, 2.24) is 0 Å². The average molecular weight is 207 g/mol. The van der Waals surface area contributed by atoms with Crippen molar-refractivity contribution in [3.05, 3.63) is 35.9 Å². The summed E-state index contributed by atoms with van der Waals surface area (Å²) in [5.41, 5.74) is 7.38. The van der Waals surface area contributed by atoms with Gasteiger partial charge in [0, 0.05) is 19.8 Å². The maximum absolute atomic E-state index is 6.01. The Bertz CT molecular complexity index is 248. The zero-order chi connectivity index (χ0) is 10.9. The van der Waals surface area contributed by atoms with Crippen LogP contribution in [-0.2, 0) is 11.2 Å². The van der Waals surface area contributed by atoms with E-state index in [0.29, 0.717) is 6.04 Å². The lowest BCUT2D eigenvalue weighted by Gasteiger charge is -2.10. The van der Waals surface area contributed by atoms with E-state index in [1.807, 2.05) is 6.07 Å². The largest absolute Gasteiger partial charge is 0.385 e. The Morgan fingerprint density at radius 2 is 1.93 bits per heavy atom. The first-order valence-corrected chi connectivity index (χ1v) is 5.61. The molecule has 2 heteroatoms. The van der Waals surface area contributed by atoms with Crippen LogP contribution in [0, 0.1) is 0 Å². The van der Waals surface area contributed by atoms with Gasteiger partial charge in [-0.1, -0.05) is 30.3 Å². The van der Waals surface area contributed by atoms with Gasteiger partial charge >= 0.3 is 0 Å². The first kappa shape index (κ1) is 12.2. The van der Waals surface area contributed by atoms with Crippen molar-refractivity contribution >= 4 is 0 Å². The van der Waals surface area contributed by atoms with E-state index in [0.717, 1.165) is 32.3 Å². The number of benzene rings is 1. The zero-order valence-corrected chi connectivity index (χ0v) is 9.49. The van der Waals surface area contributed by atoms with E-state index < -0.39 is 0 Å². The van der Waals surface area contributed by atoms with E-state index >= 15 is 0 Å². The summed E-state index contributed by atoms with van der Waals surface area (Å²) >= 11 is 0. The molecular weight excluding hydrogens is 186 g/mol. The van der Waals surface area contributed by atoms with E-state index in [-0.39, 0.29) is 0 Å². The second-order valence-electron chi connectivity index (χ2n) is 3.92. The number of rotatable bonds is 7. The minimum Gasteiger partial charge on any atom is -0.385 e. The maximum Gasteiger partial charge on any atom is 0.0462 e. The van der Waals surface area contributed by atoms with E-state index in [1.54, 1.807) is 7.11 Å². The Morgan fingerprint density at radius 1 is 1.20 bits per heavy atom. The average Bonchev–Trinajstić information content (AvgIpc) is 2.28. The molecule has 0 spiro atoms. The maximum atomic E-state index is 6.01. The SMILES string of the molecule is COCCCC(N)CCc1ccccc1. The van der Waals surface area contributed by atoms with Crippen LogP contribution in [0.15, 0.2) is 30.3 Å². The quantitative estimate of drug-likeness (QED) is 0.697. The summed E-state index contributed by atoms with van der Waals surface area (Å²) in [6.07, 6.45) is 4.26. The van der Waals surface area contributed by atoms with Crippen LogP contribution >= 0.6 is 0 Å². The van der Waals surface area contributed by atoms with Crippen molar-refractivity contribution in [2.75, 3.05) is 13.7 Å². The highest BCUT2D eigenvalue weighted by molar-refractivity contribution is 5.14. The van der Waals surface area contributed by atoms with Crippen LogP contribution in [-0.4, -0.2) is 19.8 Å². The molecule has 2 nitrogen and oxygen atoms in total. The van der Waals surface area contributed by atoms with Crippen molar-refractivity contribution in [2.24, 2.45) is 5.73 Å². The van der Waals surface area contributed by atoms with Crippen LogP contribution in [0.4, 0.5) is 0 Å². The van der Waals surface area contributed by atoms with E-state index in [2.05, 4.69) is 24.3 Å². The fraction of sp³-hybridized carbons (Fsp3) is 0.538. The second-order valence-corrected chi connectivity index (χ2v) is 3.92. The Labute approximate surface area is 92.4 Å². The first-order valence-electron chi connectivity index (χ1n) is 5.61. The van der Waals surface area contributed by atoms with Gasteiger partial charge in [0.15, 0.2) is 0 Å². The molecule has 84 valence electrons. The van der Waals surface area contributed by atoms with Crippen LogP contribution in [0.2, 0.25) is 0 Å². The summed E-state index contributed by atoms with van der Waals surface area (Å²) in [5.74, 6) is 0. The lowest BCUT2D eigenvalue weighted by Crippen LogP contribution is -2.21. The molecule has 15 heavy (non-hydrogen) atoms. The molecule has 0 aliphatic heterocycles. The highest BCUT2D eigenvalue weighted by atomic mass is 16.5. The monoisotopic (exact) mass is 207 g/mol. The van der Waals surface area contributed by atoms with Gasteiger partial charge in [0.1, 0.15) is 0 Å². The Kier molecular flexibility index (Phi) is 6.05. The topological polar surface area (TPSA) is 35.2 Å². The van der Waals surface area contributed by atoms with Gasteiger partial charge < -0.3 is 10.5 Å². The van der Waals surface area contributed by atoms with Gasteiger partial charge in [-0.2, -0.15) is 0 Å². The molecule has 1 rings (SSSR count). The molecule has 0 saturated carbocycles. The van der Waals surface area contributed by atoms with Gasteiger partial charge in [0.05, 0.1) is 0 Å². The first-order chi connectivity index (χ1) is 7.33. The molecule has 0 aromatic heterocycles. The van der Waals surface area contributed by atoms with Gasteiger partial charge in [0.2, 0.25) is 0 Å². The summed E-state index contributed by atoms with van der Waals surface area (Å²) in [7, 11) is 1.73. The second kappa shape index (κ2) is 7.43. The van der Waals surface area contributed by atoms with E-state index in [9.17, 15) is 0 Å². The van der Waals surface area contributed by atoms with Gasteiger partial charge in [0.25, 0.3) is 0 Å². The molecule has 1 aromatic carbocycles. The number of nitrogens with two attached hydrogens (primary N) is 1. The molecule has 0 saturated heterocycles. The lowest BCUT2D eigenvalue weighted by atomic mass is 10.0. The molecule has 1 atom stereocenters. The van der Waals surface area contributed by atoms with Crippen molar-refractivity contribution < 1.29 is 4.74 Å². The zero-order valence-electron chi connectivity index (χ0n) is 9.49. The summed E-state index contributed by atoms with van der Waals surface area (Å²) in [6.45, 7) is 0.818. The number of aryl methyl sites for hydroxylation is 1. The van der Waals surface area contributed by atoms with Crippen molar-refractivity contribution in [3.8, 4) is 0 Å². The van der Waals surface area contributed by atoms with Crippen molar-refractivity contribution in [3.63, 3.8) is 0 Å². The minimum atomic E-state index is 0.306. The number of ether oxygens (including phenoxy) is 1. The van der Waals surface area contributed by atoms with Gasteiger partial charge in [-0.05, 0) is 31.2 Å². The standard InChI is InChI=1S/C13H21NO/c1-15-11-5-8-13(14)10-9-12-6-3-2-4-7-12/h2-4,6-7,13H,5,8-11,14H2,1H3. The summed E-state index contributed by atoms with van der Waals surface area (Å²) in [5, 5.41) is 0. The molecule has 0 fully saturated rings. The number of methoxy groups -OCH3 is 1. The van der Waals surface area contributed by atoms with Crippen LogP contribution in [0.25, 0.3) is 0 Å². The van der Waals surface area contributed by atoms with Gasteiger partial charge in [-0.15, -0.1) is 0 Å². The lowest BCUT2D eigenvalue weighted by molar-refractivity contribution is 0.190. The van der Waals surface area contributed by atoms with Crippen LogP contribution in [0.3, 0.4) is 0 Å². The normalized spacial score (nSPS) is 12.7. The van der Waals surface area contributed by atoms with E-state index in [4.69, 9.17) is 10.5 Å². The molecular formula is C13H21NO. The summed E-state index contributed by atoms with van der Waals surface area (Å²) in [6, 6.07) is 10.8. The Balaban J connectivity index is 2.14. The molecule has 0 aliphatic rings. The fourth-order valence-electron chi connectivity index (χ4n) is 1.63. The number of hydrogen-bond acceptors (Lipinski definition) is 2. The Hall–Kier alpha value is -0.860. The van der Waals surface area contributed by atoms with E-state index in [1.165, 1.54) is 5.56 Å². The van der Waals surface area contributed by atoms with Crippen molar-refractivity contribution in [2.45, 2.75) is 31.7 Å². The summed E-state index contributed by atoms with van der Waals surface area (Å²) < 4.78 is 5.00. The molecule has 0 amide bonds. The highest BCUT2D eigenvalue weighted by Crippen LogP contribution is 2.07. The Morgan fingerprint density at radius 3 is 2.60 bits per heavy atom. The molecule has 0 bridgehead atoms. The predicted molar refractivity (Wildman–Crippen MR) is 63.8 cm³/mol. The third-order valence-electron chi connectivity index (χ3n) is 2.57. The summed E-state index contributed by atoms with van der Waals surface area (Å²) in [4.78, 5) is 0. The molecule has 1 unspecified atom stereocenters. The fourth-order valence-corrected chi connectivity index (χ4v) is 1.63.